The highest BCUT2D eigenvalue weighted by molar-refractivity contribution is 5.32. The molecular formula is C16H21FN4. The van der Waals surface area contributed by atoms with Crippen molar-refractivity contribution in [2.45, 2.75) is 25.4 Å². The normalized spacial score (nSPS) is 19.8. The molecule has 2 aromatic rings. The van der Waals surface area contributed by atoms with Crippen LogP contribution in [0.25, 0.3) is 5.69 Å². The summed E-state index contributed by atoms with van der Waals surface area (Å²) in [6, 6.07) is 9.07. The van der Waals surface area contributed by atoms with Crippen LogP contribution in [0, 0.1) is 5.82 Å². The second-order valence-electron chi connectivity index (χ2n) is 5.57. The van der Waals surface area contributed by atoms with Crippen molar-refractivity contribution in [2.24, 2.45) is 0 Å². The summed E-state index contributed by atoms with van der Waals surface area (Å²) in [6.45, 7) is 3.05. The van der Waals surface area contributed by atoms with E-state index in [1.807, 2.05) is 17.8 Å². The zero-order chi connectivity index (χ0) is 14.7. The number of likely N-dealkylation sites (tertiary alicyclic amines) is 1. The highest BCUT2D eigenvalue weighted by Gasteiger charge is 2.19. The first kappa shape index (κ1) is 14.2. The molecule has 1 aliphatic rings. The third-order valence-electron chi connectivity index (χ3n) is 4.09. The lowest BCUT2D eigenvalue weighted by atomic mass is 10.1. The molecule has 1 aliphatic heterocycles. The zero-order valence-corrected chi connectivity index (χ0v) is 12.3. The number of halogens is 1. The number of hydrogen-bond donors (Lipinski definition) is 1. The third-order valence-corrected chi connectivity index (χ3v) is 4.09. The molecule has 1 atom stereocenters. The van der Waals surface area contributed by atoms with Crippen LogP contribution in [0.4, 0.5) is 4.39 Å². The summed E-state index contributed by atoms with van der Waals surface area (Å²) < 4.78 is 14.9. The Bertz CT molecular complexity index is 578. The van der Waals surface area contributed by atoms with E-state index in [1.54, 1.807) is 18.3 Å². The molecule has 1 N–H and O–H groups in total. The maximum Gasteiger partial charge on any atom is 0.123 e. The number of benzene rings is 1. The molecule has 1 aromatic carbocycles. The Balaban J connectivity index is 1.75. The molecule has 4 nitrogen and oxygen atoms in total. The third kappa shape index (κ3) is 3.31. The second-order valence-corrected chi connectivity index (χ2v) is 5.57. The number of aromatic nitrogens is 2. The summed E-state index contributed by atoms with van der Waals surface area (Å²) in [5.74, 6) is -0.222. The van der Waals surface area contributed by atoms with Gasteiger partial charge in [0.1, 0.15) is 5.82 Å². The molecule has 1 saturated heterocycles. The first-order chi connectivity index (χ1) is 10.3. The van der Waals surface area contributed by atoms with Crippen LogP contribution in [0.3, 0.4) is 0 Å². The van der Waals surface area contributed by atoms with Crippen LogP contribution in [0.1, 0.15) is 18.5 Å². The van der Waals surface area contributed by atoms with Crippen molar-refractivity contribution in [3.8, 4) is 5.69 Å². The molecule has 3 rings (SSSR count). The Morgan fingerprint density at radius 3 is 2.86 bits per heavy atom. The predicted molar refractivity (Wildman–Crippen MR) is 80.9 cm³/mol. The summed E-state index contributed by atoms with van der Waals surface area (Å²) >= 11 is 0. The van der Waals surface area contributed by atoms with Gasteiger partial charge in [0.15, 0.2) is 0 Å². The summed E-state index contributed by atoms with van der Waals surface area (Å²) in [4.78, 5) is 2.45. The number of rotatable bonds is 4. The van der Waals surface area contributed by atoms with E-state index in [-0.39, 0.29) is 5.82 Å². The number of likely N-dealkylation sites (N-methyl/N-ethyl adjacent to an activating group) is 1. The Hall–Kier alpha value is -1.72. The molecule has 112 valence electrons. The minimum Gasteiger partial charge on any atom is -0.316 e. The van der Waals surface area contributed by atoms with Crippen molar-refractivity contribution in [2.75, 3.05) is 20.1 Å². The Kier molecular flexibility index (Phi) is 4.31. The van der Waals surface area contributed by atoms with Gasteiger partial charge in [-0.05, 0) is 56.8 Å². The molecule has 1 unspecified atom stereocenters. The number of nitrogens with one attached hydrogen (secondary N) is 1. The smallest absolute Gasteiger partial charge is 0.123 e. The molecule has 1 aromatic heterocycles. The van der Waals surface area contributed by atoms with E-state index in [1.165, 1.54) is 25.0 Å². The van der Waals surface area contributed by atoms with Crippen LogP contribution in [-0.4, -0.2) is 40.9 Å². The number of hydrogen-bond acceptors (Lipinski definition) is 3. The van der Waals surface area contributed by atoms with Gasteiger partial charge in [0.05, 0.1) is 11.4 Å². The van der Waals surface area contributed by atoms with Gasteiger partial charge in [-0.2, -0.15) is 5.10 Å². The molecule has 21 heavy (non-hydrogen) atoms. The monoisotopic (exact) mass is 288 g/mol. The molecule has 0 radical (unpaired) electrons. The number of nitrogens with zero attached hydrogens (tertiary/aromatic N) is 3. The van der Waals surface area contributed by atoms with E-state index in [4.69, 9.17) is 0 Å². The van der Waals surface area contributed by atoms with Crippen LogP contribution in [0.15, 0.2) is 36.5 Å². The fourth-order valence-corrected chi connectivity index (χ4v) is 2.93. The second kappa shape index (κ2) is 6.37. The van der Waals surface area contributed by atoms with Gasteiger partial charge in [0.2, 0.25) is 0 Å². The van der Waals surface area contributed by atoms with Crippen molar-refractivity contribution in [1.29, 1.82) is 0 Å². The molecule has 0 amide bonds. The lowest BCUT2D eigenvalue weighted by Gasteiger charge is -2.32. The lowest BCUT2D eigenvalue weighted by Crippen LogP contribution is -2.44. The van der Waals surface area contributed by atoms with E-state index in [9.17, 15) is 4.39 Å². The van der Waals surface area contributed by atoms with Gasteiger partial charge in [0, 0.05) is 25.3 Å². The van der Waals surface area contributed by atoms with Crippen molar-refractivity contribution in [3.63, 3.8) is 0 Å². The quantitative estimate of drug-likeness (QED) is 0.936. The van der Waals surface area contributed by atoms with E-state index in [2.05, 4.69) is 15.3 Å². The molecule has 0 spiro atoms. The summed E-state index contributed by atoms with van der Waals surface area (Å²) in [7, 11) is 2.02. The Morgan fingerprint density at radius 2 is 2.10 bits per heavy atom. The predicted octanol–water partition coefficient (Wildman–Crippen LogP) is 2.20. The molecule has 0 bridgehead atoms. The molecule has 1 fully saturated rings. The van der Waals surface area contributed by atoms with Gasteiger partial charge < -0.3 is 5.32 Å². The summed E-state index contributed by atoms with van der Waals surface area (Å²) in [5.41, 5.74) is 2.04. The zero-order valence-electron chi connectivity index (χ0n) is 12.3. The Labute approximate surface area is 124 Å². The highest BCUT2D eigenvalue weighted by Crippen LogP contribution is 2.16. The maximum atomic E-state index is 13.0. The fourth-order valence-electron chi connectivity index (χ4n) is 2.93. The van der Waals surface area contributed by atoms with Gasteiger partial charge >= 0.3 is 0 Å². The first-order valence-electron chi connectivity index (χ1n) is 7.45. The van der Waals surface area contributed by atoms with Crippen LogP contribution in [0.5, 0.6) is 0 Å². The van der Waals surface area contributed by atoms with Crippen LogP contribution in [0.2, 0.25) is 0 Å². The first-order valence-corrected chi connectivity index (χ1v) is 7.45. The fraction of sp³-hybridized carbons (Fsp3) is 0.438. The van der Waals surface area contributed by atoms with Gasteiger partial charge in [-0.1, -0.05) is 0 Å². The van der Waals surface area contributed by atoms with Gasteiger partial charge in [-0.15, -0.1) is 0 Å². The average molecular weight is 288 g/mol. The molecule has 2 heterocycles. The molecule has 0 aliphatic carbocycles. The van der Waals surface area contributed by atoms with Gasteiger partial charge in [0.25, 0.3) is 0 Å². The standard InChI is InChI=1S/C16H21FN4/c1-18-14-3-2-10-20(11-14)12-16-8-9-19-21(16)15-6-4-13(17)5-7-15/h4-9,14,18H,2-3,10-12H2,1H3. The minimum atomic E-state index is -0.222. The van der Waals surface area contributed by atoms with Crippen LogP contribution in [-0.2, 0) is 6.54 Å². The van der Waals surface area contributed by atoms with Gasteiger partial charge in [-0.3, -0.25) is 4.90 Å². The molecule has 5 heteroatoms. The Morgan fingerprint density at radius 1 is 1.29 bits per heavy atom. The molecular weight excluding hydrogens is 267 g/mol. The van der Waals surface area contributed by atoms with Crippen LogP contribution >= 0.6 is 0 Å². The summed E-state index contributed by atoms with van der Waals surface area (Å²) in [5, 5.41) is 7.73. The topological polar surface area (TPSA) is 33.1 Å². The van der Waals surface area contributed by atoms with Crippen LogP contribution < -0.4 is 5.32 Å². The lowest BCUT2D eigenvalue weighted by molar-refractivity contribution is 0.185. The van der Waals surface area contributed by atoms with E-state index in [0.717, 1.165) is 31.0 Å². The maximum absolute atomic E-state index is 13.0. The average Bonchev–Trinajstić information content (AvgIpc) is 2.96. The van der Waals surface area contributed by atoms with E-state index < -0.39 is 0 Å². The van der Waals surface area contributed by atoms with Crippen molar-refractivity contribution < 1.29 is 4.39 Å². The van der Waals surface area contributed by atoms with Gasteiger partial charge in [-0.25, -0.2) is 9.07 Å². The molecule has 0 saturated carbocycles. The van der Waals surface area contributed by atoms with Crippen molar-refractivity contribution >= 4 is 0 Å². The number of piperidine rings is 1. The minimum absolute atomic E-state index is 0.222. The SMILES string of the molecule is CNC1CCCN(Cc2ccnn2-c2ccc(F)cc2)C1. The van der Waals surface area contributed by atoms with Crippen molar-refractivity contribution in [1.82, 2.24) is 20.0 Å². The summed E-state index contributed by atoms with van der Waals surface area (Å²) in [6.07, 6.45) is 4.26. The van der Waals surface area contributed by atoms with E-state index in [0.29, 0.717) is 6.04 Å². The highest BCUT2D eigenvalue weighted by atomic mass is 19.1. The largest absolute Gasteiger partial charge is 0.316 e. The van der Waals surface area contributed by atoms with Crippen molar-refractivity contribution in [3.05, 3.63) is 48.0 Å². The van der Waals surface area contributed by atoms with E-state index >= 15 is 0 Å².